The van der Waals surface area contributed by atoms with Crippen molar-refractivity contribution in [2.45, 2.75) is 31.1 Å². The second-order valence-electron chi connectivity index (χ2n) is 4.54. The summed E-state index contributed by atoms with van der Waals surface area (Å²) in [5.74, 6) is 5.77. The van der Waals surface area contributed by atoms with Crippen LogP contribution in [0, 0.1) is 11.8 Å². The van der Waals surface area contributed by atoms with E-state index in [1.165, 1.54) is 0 Å². The molecule has 1 fully saturated rings. The molecule has 2 rings (SSSR count). The van der Waals surface area contributed by atoms with Crippen LogP contribution in [0.4, 0.5) is 0 Å². The maximum Gasteiger partial charge on any atom is 0.214 e. The van der Waals surface area contributed by atoms with Gasteiger partial charge in [-0.05, 0) is 30.5 Å². The first kappa shape index (κ1) is 14.1. The van der Waals surface area contributed by atoms with E-state index in [1.807, 2.05) is 24.3 Å². The number of nitrogens with one attached hydrogen (secondary N) is 1. The molecule has 1 aromatic rings. The van der Waals surface area contributed by atoms with Gasteiger partial charge < -0.3 is 5.11 Å². The van der Waals surface area contributed by atoms with E-state index >= 15 is 0 Å². The topological polar surface area (TPSA) is 66.4 Å². The summed E-state index contributed by atoms with van der Waals surface area (Å²) in [6, 6.07) is 7.44. The zero-order valence-electron chi connectivity index (χ0n) is 10.6. The Bertz CT molecular complexity index is 595. The van der Waals surface area contributed by atoms with Gasteiger partial charge in [-0.15, -0.1) is 0 Å². The SMILES string of the molecule is O=S(=O)(NCc1cccc(C#CCCO)c1)C1CC1. The molecule has 1 aliphatic rings. The van der Waals surface area contributed by atoms with Gasteiger partial charge in [-0.25, -0.2) is 13.1 Å². The van der Waals surface area contributed by atoms with Gasteiger partial charge in [0.15, 0.2) is 0 Å². The maximum atomic E-state index is 11.7. The van der Waals surface area contributed by atoms with E-state index < -0.39 is 10.0 Å². The lowest BCUT2D eigenvalue weighted by Gasteiger charge is -2.05. The zero-order chi connectivity index (χ0) is 13.7. The summed E-state index contributed by atoms with van der Waals surface area (Å²) in [5, 5.41) is 8.46. The number of aliphatic hydroxyl groups is 1. The standard InChI is InChI=1S/C14H17NO3S/c16-9-2-1-4-12-5-3-6-13(10-12)11-15-19(17,18)14-7-8-14/h3,5-6,10,14-16H,2,7-9,11H2. The molecule has 0 spiro atoms. The molecule has 5 heteroatoms. The lowest BCUT2D eigenvalue weighted by atomic mass is 10.1. The average Bonchev–Trinajstić information content (AvgIpc) is 3.22. The third kappa shape index (κ3) is 4.35. The highest BCUT2D eigenvalue weighted by molar-refractivity contribution is 7.90. The summed E-state index contributed by atoms with van der Waals surface area (Å²) in [5.41, 5.74) is 1.72. The molecular formula is C14H17NO3S. The van der Waals surface area contributed by atoms with Crippen molar-refractivity contribution in [3.05, 3.63) is 35.4 Å². The van der Waals surface area contributed by atoms with E-state index in [-0.39, 0.29) is 11.9 Å². The fourth-order valence-electron chi connectivity index (χ4n) is 1.66. The Morgan fingerprint density at radius 3 is 2.84 bits per heavy atom. The number of benzene rings is 1. The fraction of sp³-hybridized carbons (Fsp3) is 0.429. The molecule has 0 atom stereocenters. The van der Waals surface area contributed by atoms with Gasteiger partial charge >= 0.3 is 0 Å². The number of hydrogen-bond donors (Lipinski definition) is 2. The van der Waals surface area contributed by atoms with Crippen molar-refractivity contribution in [3.63, 3.8) is 0 Å². The lowest BCUT2D eigenvalue weighted by molar-refractivity contribution is 0.305. The van der Waals surface area contributed by atoms with Crippen LogP contribution >= 0.6 is 0 Å². The van der Waals surface area contributed by atoms with Crippen LogP contribution in [-0.4, -0.2) is 25.4 Å². The van der Waals surface area contributed by atoms with E-state index in [1.54, 1.807) is 0 Å². The average molecular weight is 279 g/mol. The van der Waals surface area contributed by atoms with E-state index in [0.717, 1.165) is 24.0 Å². The van der Waals surface area contributed by atoms with Crippen LogP contribution in [0.15, 0.2) is 24.3 Å². The number of rotatable bonds is 5. The van der Waals surface area contributed by atoms with Gasteiger partial charge in [-0.3, -0.25) is 0 Å². The van der Waals surface area contributed by atoms with Gasteiger partial charge in [0, 0.05) is 18.5 Å². The van der Waals surface area contributed by atoms with Gasteiger partial charge in [-0.1, -0.05) is 24.0 Å². The van der Waals surface area contributed by atoms with Crippen LogP contribution < -0.4 is 4.72 Å². The van der Waals surface area contributed by atoms with E-state index in [9.17, 15) is 8.42 Å². The quantitative estimate of drug-likeness (QED) is 0.790. The normalized spacial score (nSPS) is 14.8. The number of hydrogen-bond acceptors (Lipinski definition) is 3. The monoisotopic (exact) mass is 279 g/mol. The van der Waals surface area contributed by atoms with Crippen molar-refractivity contribution in [3.8, 4) is 11.8 Å². The van der Waals surface area contributed by atoms with Crippen LogP contribution in [-0.2, 0) is 16.6 Å². The van der Waals surface area contributed by atoms with Gasteiger partial charge in [0.25, 0.3) is 0 Å². The minimum absolute atomic E-state index is 0.0495. The number of aliphatic hydroxyl groups excluding tert-OH is 1. The Balaban J connectivity index is 1.97. The van der Waals surface area contributed by atoms with Crippen molar-refractivity contribution < 1.29 is 13.5 Å². The summed E-state index contributed by atoms with van der Waals surface area (Å²) < 4.78 is 26.0. The summed E-state index contributed by atoms with van der Waals surface area (Å²) >= 11 is 0. The maximum absolute atomic E-state index is 11.7. The molecule has 1 aromatic carbocycles. The predicted molar refractivity (Wildman–Crippen MR) is 73.8 cm³/mol. The molecule has 1 saturated carbocycles. The third-order valence-corrected chi connectivity index (χ3v) is 4.73. The van der Waals surface area contributed by atoms with Crippen LogP contribution in [0.2, 0.25) is 0 Å². The highest BCUT2D eigenvalue weighted by atomic mass is 32.2. The summed E-state index contributed by atoms with van der Waals surface area (Å²) in [4.78, 5) is 0. The van der Waals surface area contributed by atoms with Gasteiger partial charge in [-0.2, -0.15) is 0 Å². The molecule has 0 heterocycles. The molecule has 0 saturated heterocycles. The van der Waals surface area contributed by atoms with Crippen LogP contribution in [0.3, 0.4) is 0 Å². The number of sulfonamides is 1. The molecule has 0 amide bonds. The third-order valence-electron chi connectivity index (χ3n) is 2.84. The largest absolute Gasteiger partial charge is 0.395 e. The van der Waals surface area contributed by atoms with Gasteiger partial charge in [0.2, 0.25) is 10.0 Å². The summed E-state index contributed by atoms with van der Waals surface area (Å²) in [7, 11) is -3.14. The molecule has 0 unspecified atom stereocenters. The van der Waals surface area contributed by atoms with E-state index in [2.05, 4.69) is 16.6 Å². The highest BCUT2D eigenvalue weighted by Gasteiger charge is 2.35. The Hall–Kier alpha value is -1.35. The molecule has 0 aliphatic heterocycles. The van der Waals surface area contributed by atoms with Crippen LogP contribution in [0.5, 0.6) is 0 Å². The molecule has 0 bridgehead atoms. The lowest BCUT2D eigenvalue weighted by Crippen LogP contribution is -2.26. The second kappa shape index (κ2) is 6.20. The highest BCUT2D eigenvalue weighted by Crippen LogP contribution is 2.27. The molecule has 19 heavy (non-hydrogen) atoms. The predicted octanol–water partition coefficient (Wildman–Crippen LogP) is 1.00. The molecule has 0 aromatic heterocycles. The Morgan fingerprint density at radius 1 is 1.37 bits per heavy atom. The Labute approximate surface area is 113 Å². The van der Waals surface area contributed by atoms with Gasteiger partial charge in [0.1, 0.15) is 0 Å². The van der Waals surface area contributed by atoms with E-state index in [4.69, 9.17) is 5.11 Å². The molecule has 2 N–H and O–H groups in total. The minimum atomic E-state index is -3.14. The van der Waals surface area contributed by atoms with Crippen molar-refractivity contribution in [1.82, 2.24) is 4.72 Å². The second-order valence-corrected chi connectivity index (χ2v) is 6.59. The Morgan fingerprint density at radius 2 is 2.16 bits per heavy atom. The van der Waals surface area contributed by atoms with Crippen molar-refractivity contribution in [2.24, 2.45) is 0 Å². The molecule has 4 nitrogen and oxygen atoms in total. The first-order chi connectivity index (χ1) is 9.12. The first-order valence-electron chi connectivity index (χ1n) is 6.29. The summed E-state index contributed by atoms with van der Waals surface area (Å²) in [6.07, 6.45) is 1.97. The van der Waals surface area contributed by atoms with Crippen molar-refractivity contribution in [1.29, 1.82) is 0 Å². The zero-order valence-corrected chi connectivity index (χ0v) is 11.4. The van der Waals surface area contributed by atoms with Crippen molar-refractivity contribution in [2.75, 3.05) is 6.61 Å². The van der Waals surface area contributed by atoms with Crippen LogP contribution in [0.25, 0.3) is 0 Å². The Kier molecular flexibility index (Phi) is 4.59. The van der Waals surface area contributed by atoms with E-state index in [0.29, 0.717) is 13.0 Å². The first-order valence-corrected chi connectivity index (χ1v) is 7.83. The smallest absolute Gasteiger partial charge is 0.214 e. The molecule has 0 radical (unpaired) electrons. The van der Waals surface area contributed by atoms with Gasteiger partial charge in [0.05, 0.1) is 11.9 Å². The minimum Gasteiger partial charge on any atom is -0.395 e. The molecular weight excluding hydrogens is 262 g/mol. The fourth-order valence-corrected chi connectivity index (χ4v) is 3.02. The van der Waals surface area contributed by atoms with Crippen molar-refractivity contribution >= 4 is 10.0 Å². The molecule has 1 aliphatic carbocycles. The molecule has 102 valence electrons. The summed E-state index contributed by atoms with van der Waals surface area (Å²) in [6.45, 7) is 0.349. The van der Waals surface area contributed by atoms with Crippen LogP contribution in [0.1, 0.15) is 30.4 Å².